The maximum atomic E-state index is 4.71. The second kappa shape index (κ2) is 12.8. The molecule has 0 saturated heterocycles. The van der Waals surface area contributed by atoms with E-state index in [0.29, 0.717) is 6.54 Å². The largest absolute Gasteiger partial charge is 0.356 e. The molecule has 2 aromatic heterocycles. The number of aromatic nitrogens is 4. The van der Waals surface area contributed by atoms with E-state index in [2.05, 4.69) is 68.2 Å². The lowest BCUT2D eigenvalue weighted by atomic mass is 10.2. The van der Waals surface area contributed by atoms with Crippen molar-refractivity contribution in [2.75, 3.05) is 25.1 Å². The maximum Gasteiger partial charge on any atom is 0.191 e. The lowest BCUT2D eigenvalue weighted by Crippen LogP contribution is -2.38. The van der Waals surface area contributed by atoms with Gasteiger partial charge in [0.15, 0.2) is 11.8 Å². The van der Waals surface area contributed by atoms with Crippen LogP contribution in [0.3, 0.4) is 0 Å². The Labute approximate surface area is 200 Å². The van der Waals surface area contributed by atoms with Crippen LogP contribution in [0.2, 0.25) is 0 Å². The number of para-hydroxylation sites is 1. The number of hydrogen-bond donors (Lipinski definition) is 2. The Bertz CT molecular complexity index is 934. The average Bonchev–Trinajstić information content (AvgIpc) is 3.29. The number of nitrogens with zero attached hydrogens (tertiary/aromatic N) is 5. The van der Waals surface area contributed by atoms with Gasteiger partial charge in [0.25, 0.3) is 0 Å². The minimum atomic E-state index is 0. The van der Waals surface area contributed by atoms with E-state index in [9.17, 15) is 0 Å². The number of rotatable bonds is 10. The van der Waals surface area contributed by atoms with Crippen LogP contribution >= 0.6 is 35.7 Å². The van der Waals surface area contributed by atoms with Crippen LogP contribution in [0.5, 0.6) is 0 Å². The summed E-state index contributed by atoms with van der Waals surface area (Å²) in [5.41, 5.74) is 1.29. The summed E-state index contributed by atoms with van der Waals surface area (Å²) < 4.78 is 4.29. The van der Waals surface area contributed by atoms with Crippen LogP contribution in [0.4, 0.5) is 0 Å². The molecule has 0 bridgehead atoms. The summed E-state index contributed by atoms with van der Waals surface area (Å²) in [5.74, 6) is 3.75. The number of guanidine groups is 1. The highest BCUT2D eigenvalue weighted by atomic mass is 127. The summed E-state index contributed by atoms with van der Waals surface area (Å²) in [7, 11) is 1.97. The van der Waals surface area contributed by atoms with Gasteiger partial charge < -0.3 is 19.8 Å². The van der Waals surface area contributed by atoms with Crippen molar-refractivity contribution in [3.05, 3.63) is 48.2 Å². The molecule has 2 N–H and O–H groups in total. The fraction of sp³-hybridized carbons (Fsp3) is 0.476. The van der Waals surface area contributed by atoms with Crippen molar-refractivity contribution in [3.63, 3.8) is 0 Å². The van der Waals surface area contributed by atoms with Crippen LogP contribution in [0, 0.1) is 6.92 Å². The number of hydrogen-bond acceptors (Lipinski definition) is 4. The number of thioether (sulfide) groups is 1. The zero-order valence-corrected chi connectivity index (χ0v) is 21.1. The Hall–Kier alpha value is -1.75. The van der Waals surface area contributed by atoms with Gasteiger partial charge in [-0.3, -0.25) is 0 Å². The SMILES string of the molecule is CSCCCNC(=NCc1nnc(C)n1C)NCCCn1ccc2ccccc21.I. The highest BCUT2D eigenvalue weighted by Crippen LogP contribution is 2.15. The maximum absolute atomic E-state index is 4.71. The van der Waals surface area contributed by atoms with Crippen molar-refractivity contribution in [3.8, 4) is 0 Å². The molecule has 0 unspecified atom stereocenters. The van der Waals surface area contributed by atoms with E-state index in [4.69, 9.17) is 4.99 Å². The molecule has 3 rings (SSSR count). The van der Waals surface area contributed by atoms with Gasteiger partial charge in [-0.2, -0.15) is 11.8 Å². The van der Waals surface area contributed by atoms with Crippen LogP contribution < -0.4 is 10.6 Å². The van der Waals surface area contributed by atoms with Gasteiger partial charge in [0.05, 0.1) is 0 Å². The van der Waals surface area contributed by atoms with Gasteiger partial charge in [-0.25, -0.2) is 4.99 Å². The molecular weight excluding hydrogens is 509 g/mol. The molecule has 164 valence electrons. The summed E-state index contributed by atoms with van der Waals surface area (Å²) >= 11 is 1.86. The van der Waals surface area contributed by atoms with E-state index in [1.54, 1.807) is 0 Å². The molecule has 0 radical (unpaired) electrons. The average molecular weight is 542 g/mol. The molecule has 0 aliphatic carbocycles. The van der Waals surface area contributed by atoms with Gasteiger partial charge in [-0.1, -0.05) is 18.2 Å². The lowest BCUT2D eigenvalue weighted by molar-refractivity contribution is 0.638. The number of aryl methyl sites for hydroxylation is 2. The first-order chi connectivity index (χ1) is 14.2. The first kappa shape index (κ1) is 24.5. The zero-order valence-electron chi connectivity index (χ0n) is 18.0. The van der Waals surface area contributed by atoms with E-state index in [-0.39, 0.29) is 24.0 Å². The van der Waals surface area contributed by atoms with Crippen LogP contribution in [-0.2, 0) is 20.1 Å². The first-order valence-electron chi connectivity index (χ1n) is 10.1. The van der Waals surface area contributed by atoms with Crippen molar-refractivity contribution in [1.29, 1.82) is 0 Å². The normalized spacial score (nSPS) is 11.5. The molecule has 0 saturated carbocycles. The summed E-state index contributed by atoms with van der Waals surface area (Å²) in [6, 6.07) is 10.7. The summed E-state index contributed by atoms with van der Waals surface area (Å²) in [6.07, 6.45) is 6.43. The predicted molar refractivity (Wildman–Crippen MR) is 138 cm³/mol. The Morgan fingerprint density at radius 2 is 1.87 bits per heavy atom. The van der Waals surface area contributed by atoms with E-state index in [1.807, 2.05) is 30.3 Å². The summed E-state index contributed by atoms with van der Waals surface area (Å²) in [4.78, 5) is 4.71. The highest BCUT2D eigenvalue weighted by molar-refractivity contribution is 14.0. The zero-order chi connectivity index (χ0) is 20.5. The molecule has 0 atom stereocenters. The van der Waals surface area contributed by atoms with Crippen molar-refractivity contribution >= 4 is 52.6 Å². The van der Waals surface area contributed by atoms with Gasteiger partial charge in [0.1, 0.15) is 12.4 Å². The number of fused-ring (bicyclic) bond motifs is 1. The Morgan fingerprint density at radius 1 is 1.10 bits per heavy atom. The molecule has 0 amide bonds. The van der Waals surface area contributed by atoms with Crippen molar-refractivity contribution in [1.82, 2.24) is 30.0 Å². The van der Waals surface area contributed by atoms with E-state index in [0.717, 1.165) is 55.8 Å². The Kier molecular flexibility index (Phi) is 10.5. The highest BCUT2D eigenvalue weighted by Gasteiger charge is 2.05. The van der Waals surface area contributed by atoms with Crippen LogP contribution in [0.15, 0.2) is 41.5 Å². The predicted octanol–water partition coefficient (Wildman–Crippen LogP) is 3.57. The Morgan fingerprint density at radius 3 is 2.60 bits per heavy atom. The van der Waals surface area contributed by atoms with Gasteiger partial charge >= 0.3 is 0 Å². The standard InChI is InChI=1S/C21H31N7S.HI/c1-17-25-26-20(27(17)2)16-24-21(23-12-7-15-29-3)22-11-6-13-28-14-10-18-8-4-5-9-19(18)28;/h4-5,8-10,14H,6-7,11-13,15-16H2,1-3H3,(H2,22,23,24);1H. The smallest absolute Gasteiger partial charge is 0.191 e. The van der Waals surface area contributed by atoms with Gasteiger partial charge in [-0.15, -0.1) is 34.2 Å². The number of aliphatic imine (C=N–C) groups is 1. The van der Waals surface area contributed by atoms with Crippen molar-refractivity contribution in [2.24, 2.45) is 12.0 Å². The number of nitrogens with one attached hydrogen (secondary N) is 2. The van der Waals surface area contributed by atoms with E-state index in [1.165, 1.54) is 10.9 Å². The molecule has 1 aromatic carbocycles. The molecule has 2 heterocycles. The molecule has 0 spiro atoms. The molecule has 0 aliphatic rings. The minimum Gasteiger partial charge on any atom is -0.356 e. The topological polar surface area (TPSA) is 72.1 Å². The van der Waals surface area contributed by atoms with Crippen LogP contribution in [-0.4, -0.2) is 50.4 Å². The van der Waals surface area contributed by atoms with E-state index < -0.39 is 0 Å². The third-order valence-corrected chi connectivity index (χ3v) is 5.62. The van der Waals surface area contributed by atoms with Crippen LogP contribution in [0.1, 0.15) is 24.5 Å². The molecule has 3 aromatic rings. The lowest BCUT2D eigenvalue weighted by Gasteiger charge is -2.13. The number of halogens is 1. The first-order valence-corrected chi connectivity index (χ1v) is 11.5. The van der Waals surface area contributed by atoms with Crippen LogP contribution in [0.25, 0.3) is 10.9 Å². The molecule has 9 heteroatoms. The Balaban J connectivity index is 0.00000320. The third kappa shape index (κ3) is 6.90. The molecule has 0 aliphatic heterocycles. The molecule has 30 heavy (non-hydrogen) atoms. The van der Waals surface area contributed by atoms with Gasteiger partial charge in [0.2, 0.25) is 0 Å². The second-order valence-corrected chi connectivity index (χ2v) is 7.99. The van der Waals surface area contributed by atoms with Crippen molar-refractivity contribution < 1.29 is 0 Å². The molecule has 7 nitrogen and oxygen atoms in total. The molecule has 0 fully saturated rings. The monoisotopic (exact) mass is 541 g/mol. The van der Waals surface area contributed by atoms with Gasteiger partial charge in [0, 0.05) is 38.4 Å². The number of benzene rings is 1. The minimum absolute atomic E-state index is 0. The van der Waals surface area contributed by atoms with E-state index >= 15 is 0 Å². The quantitative estimate of drug-likeness (QED) is 0.178. The van der Waals surface area contributed by atoms with Crippen molar-refractivity contribution in [2.45, 2.75) is 32.9 Å². The second-order valence-electron chi connectivity index (χ2n) is 7.01. The van der Waals surface area contributed by atoms with Gasteiger partial charge in [-0.05, 0) is 49.3 Å². The third-order valence-electron chi connectivity index (χ3n) is 4.93. The fourth-order valence-electron chi connectivity index (χ4n) is 3.13. The molecular formula is C21H32IN7S. The summed E-state index contributed by atoms with van der Waals surface area (Å²) in [6.45, 7) is 5.21. The summed E-state index contributed by atoms with van der Waals surface area (Å²) in [5, 5.41) is 16.5. The fourth-order valence-corrected chi connectivity index (χ4v) is 3.56.